The van der Waals surface area contributed by atoms with Gasteiger partial charge in [-0.2, -0.15) is 14.0 Å². The largest absolute Gasteiger partial charge is 0.454 e. The molecule has 0 aliphatic rings. The van der Waals surface area contributed by atoms with Crippen LogP contribution < -0.4 is 9.47 Å². The molecule has 0 aromatic heterocycles. The van der Waals surface area contributed by atoms with Crippen molar-refractivity contribution in [2.75, 3.05) is 0 Å². The van der Waals surface area contributed by atoms with E-state index in [-0.39, 0.29) is 23.5 Å². The highest BCUT2D eigenvalue weighted by Gasteiger charge is 2.30. The highest BCUT2D eigenvalue weighted by molar-refractivity contribution is 5.74. The van der Waals surface area contributed by atoms with E-state index >= 15 is 0 Å². The van der Waals surface area contributed by atoms with Crippen LogP contribution >= 0.6 is 0 Å². The van der Waals surface area contributed by atoms with Gasteiger partial charge < -0.3 is 14.2 Å². The molecule has 0 saturated carbocycles. The molecule has 0 radical (unpaired) electrons. The standard InChI is InChI=1S/C26H22F3NO4/c1-26(2,34-25(28)29)20-10-6-7-11-22(20)33-24(31)15-18(16-30)17-12-13-21(27)23(14-17)32-19-8-4-3-5-9-19/h3-14,18,25H,15H2,1-2H3. The molecule has 1 unspecified atom stereocenters. The SMILES string of the molecule is CC(C)(OC(F)F)c1ccccc1OC(=O)CC(C#N)c1ccc(F)c(Oc2ccccc2)c1. The number of carbonyl (C=O) groups is 1. The highest BCUT2D eigenvalue weighted by Crippen LogP contribution is 2.35. The van der Waals surface area contributed by atoms with Gasteiger partial charge in [-0.05, 0) is 49.7 Å². The number of nitrogens with zero attached hydrogens (tertiary/aromatic N) is 1. The number of hydrogen-bond donors (Lipinski definition) is 0. The lowest BCUT2D eigenvalue weighted by Crippen LogP contribution is -2.26. The van der Waals surface area contributed by atoms with Crippen LogP contribution in [0.5, 0.6) is 17.2 Å². The number of carbonyl (C=O) groups excluding carboxylic acids is 1. The molecular formula is C26H22F3NO4. The number of ether oxygens (including phenoxy) is 3. The highest BCUT2D eigenvalue weighted by atomic mass is 19.3. The predicted octanol–water partition coefficient (Wildman–Crippen LogP) is 6.70. The van der Waals surface area contributed by atoms with Crippen LogP contribution in [0.1, 0.15) is 37.3 Å². The van der Waals surface area contributed by atoms with Gasteiger partial charge in [0, 0.05) is 5.56 Å². The maximum absolute atomic E-state index is 14.3. The van der Waals surface area contributed by atoms with Crippen molar-refractivity contribution in [3.05, 3.63) is 89.7 Å². The molecule has 34 heavy (non-hydrogen) atoms. The van der Waals surface area contributed by atoms with Gasteiger partial charge in [0.05, 0.1) is 24.0 Å². The van der Waals surface area contributed by atoms with E-state index < -0.39 is 29.9 Å². The summed E-state index contributed by atoms with van der Waals surface area (Å²) in [6.07, 6.45) is -0.350. The monoisotopic (exact) mass is 469 g/mol. The lowest BCUT2D eigenvalue weighted by atomic mass is 9.96. The fraction of sp³-hybridized carbons (Fsp3) is 0.231. The van der Waals surface area contributed by atoms with E-state index in [0.29, 0.717) is 11.3 Å². The summed E-state index contributed by atoms with van der Waals surface area (Å²) in [4.78, 5) is 12.6. The summed E-state index contributed by atoms with van der Waals surface area (Å²) >= 11 is 0. The van der Waals surface area contributed by atoms with Gasteiger partial charge in [-0.15, -0.1) is 0 Å². The Bertz CT molecular complexity index is 1180. The Morgan fingerprint density at radius 1 is 1.00 bits per heavy atom. The number of rotatable bonds is 9. The smallest absolute Gasteiger partial charge is 0.346 e. The van der Waals surface area contributed by atoms with Gasteiger partial charge >= 0.3 is 12.6 Å². The summed E-state index contributed by atoms with van der Waals surface area (Å²) in [7, 11) is 0. The van der Waals surface area contributed by atoms with Crippen molar-refractivity contribution in [2.24, 2.45) is 0 Å². The molecule has 0 N–H and O–H groups in total. The summed E-state index contributed by atoms with van der Waals surface area (Å²) in [6.45, 7) is -0.166. The van der Waals surface area contributed by atoms with Crippen molar-refractivity contribution < 1.29 is 32.2 Å². The third-order valence-corrected chi connectivity index (χ3v) is 5.00. The van der Waals surface area contributed by atoms with Crippen molar-refractivity contribution in [3.8, 4) is 23.3 Å². The molecule has 0 fully saturated rings. The second-order valence-electron chi connectivity index (χ2n) is 7.85. The first-order valence-corrected chi connectivity index (χ1v) is 10.4. The Hall–Kier alpha value is -3.83. The number of halogens is 3. The van der Waals surface area contributed by atoms with Crippen molar-refractivity contribution in [1.82, 2.24) is 0 Å². The Morgan fingerprint density at radius 3 is 2.35 bits per heavy atom. The molecule has 0 heterocycles. The molecule has 3 aromatic rings. The zero-order chi connectivity index (χ0) is 24.7. The molecule has 5 nitrogen and oxygen atoms in total. The van der Waals surface area contributed by atoms with Gasteiger partial charge in [-0.1, -0.05) is 42.5 Å². The van der Waals surface area contributed by atoms with Crippen molar-refractivity contribution in [1.29, 1.82) is 5.26 Å². The number of alkyl halides is 2. The van der Waals surface area contributed by atoms with Crippen LogP contribution in [0.4, 0.5) is 13.2 Å². The second kappa shape index (κ2) is 10.9. The first kappa shape index (κ1) is 24.8. The van der Waals surface area contributed by atoms with E-state index in [0.717, 1.165) is 6.07 Å². The molecule has 0 spiro atoms. The van der Waals surface area contributed by atoms with Gasteiger partial charge in [0.2, 0.25) is 0 Å². The molecule has 0 bridgehead atoms. The Balaban J connectivity index is 1.77. The number of esters is 1. The van der Waals surface area contributed by atoms with E-state index in [9.17, 15) is 23.2 Å². The summed E-state index contributed by atoms with van der Waals surface area (Å²) < 4.78 is 55.5. The molecule has 0 amide bonds. The lowest BCUT2D eigenvalue weighted by molar-refractivity contribution is -0.201. The number of benzene rings is 3. The molecule has 8 heteroatoms. The fourth-order valence-corrected chi connectivity index (χ4v) is 3.34. The van der Waals surface area contributed by atoms with E-state index in [1.807, 2.05) is 6.07 Å². The summed E-state index contributed by atoms with van der Waals surface area (Å²) in [5.74, 6) is -1.97. The van der Waals surface area contributed by atoms with Crippen LogP contribution in [-0.2, 0) is 15.1 Å². The zero-order valence-electron chi connectivity index (χ0n) is 18.5. The molecule has 0 aliphatic carbocycles. The summed E-state index contributed by atoms with van der Waals surface area (Å²) in [6, 6.07) is 20.6. The van der Waals surface area contributed by atoms with E-state index in [1.165, 1.54) is 38.1 Å². The molecule has 0 saturated heterocycles. The van der Waals surface area contributed by atoms with Crippen molar-refractivity contribution in [3.63, 3.8) is 0 Å². The predicted molar refractivity (Wildman–Crippen MR) is 118 cm³/mol. The number of hydrogen-bond acceptors (Lipinski definition) is 5. The van der Waals surface area contributed by atoms with Gasteiger partial charge in [0.25, 0.3) is 0 Å². The minimum absolute atomic E-state index is 0.0436. The van der Waals surface area contributed by atoms with Gasteiger partial charge in [0.15, 0.2) is 11.6 Å². The molecule has 3 rings (SSSR count). The van der Waals surface area contributed by atoms with Crippen LogP contribution in [0.3, 0.4) is 0 Å². The van der Waals surface area contributed by atoms with E-state index in [1.54, 1.807) is 42.5 Å². The zero-order valence-corrected chi connectivity index (χ0v) is 18.5. The number of nitriles is 1. The molecule has 0 aliphatic heterocycles. The Kier molecular flexibility index (Phi) is 7.92. The minimum Gasteiger partial charge on any atom is -0.454 e. The quantitative estimate of drug-likeness (QED) is 0.258. The maximum Gasteiger partial charge on any atom is 0.346 e. The van der Waals surface area contributed by atoms with Gasteiger partial charge in [-0.3, -0.25) is 4.79 Å². The Labute approximate surface area is 195 Å². The number of para-hydroxylation sites is 2. The minimum atomic E-state index is -3.02. The Morgan fingerprint density at radius 2 is 1.68 bits per heavy atom. The second-order valence-corrected chi connectivity index (χ2v) is 7.85. The third-order valence-electron chi connectivity index (χ3n) is 5.00. The van der Waals surface area contributed by atoms with Crippen LogP contribution in [0, 0.1) is 17.1 Å². The molecule has 1 atom stereocenters. The summed E-state index contributed by atoms with van der Waals surface area (Å²) in [5, 5.41) is 9.63. The molecule has 176 valence electrons. The van der Waals surface area contributed by atoms with Crippen LogP contribution in [0.2, 0.25) is 0 Å². The van der Waals surface area contributed by atoms with Crippen LogP contribution in [-0.4, -0.2) is 12.6 Å². The lowest BCUT2D eigenvalue weighted by Gasteiger charge is -2.27. The fourth-order valence-electron chi connectivity index (χ4n) is 3.34. The van der Waals surface area contributed by atoms with Crippen LogP contribution in [0.15, 0.2) is 72.8 Å². The maximum atomic E-state index is 14.3. The molecule has 3 aromatic carbocycles. The first-order chi connectivity index (χ1) is 16.2. The topological polar surface area (TPSA) is 68.5 Å². The first-order valence-electron chi connectivity index (χ1n) is 10.4. The summed E-state index contributed by atoms with van der Waals surface area (Å²) in [5.41, 5.74) is -0.820. The average Bonchev–Trinajstić information content (AvgIpc) is 2.79. The van der Waals surface area contributed by atoms with Crippen LogP contribution in [0.25, 0.3) is 0 Å². The van der Waals surface area contributed by atoms with Crippen molar-refractivity contribution in [2.45, 2.75) is 38.4 Å². The average molecular weight is 469 g/mol. The van der Waals surface area contributed by atoms with Gasteiger partial charge in [-0.25, -0.2) is 4.39 Å². The normalized spacial score (nSPS) is 12.1. The third kappa shape index (κ3) is 6.36. The van der Waals surface area contributed by atoms with E-state index in [4.69, 9.17) is 9.47 Å². The van der Waals surface area contributed by atoms with Gasteiger partial charge in [0.1, 0.15) is 11.5 Å². The van der Waals surface area contributed by atoms with Crippen molar-refractivity contribution >= 4 is 5.97 Å². The van der Waals surface area contributed by atoms with E-state index in [2.05, 4.69) is 4.74 Å². The molecular weight excluding hydrogens is 447 g/mol.